The van der Waals surface area contributed by atoms with Crippen LogP contribution in [0, 0.1) is 0 Å². The molecule has 1 aliphatic rings. The third-order valence-electron chi connectivity index (χ3n) is 3.93. The molecule has 0 spiro atoms. The van der Waals surface area contributed by atoms with E-state index in [-0.39, 0.29) is 5.91 Å². The summed E-state index contributed by atoms with van der Waals surface area (Å²) in [6.07, 6.45) is 2.28. The van der Waals surface area contributed by atoms with Gasteiger partial charge in [0.05, 0.1) is 29.8 Å². The third-order valence-corrected chi connectivity index (χ3v) is 3.93. The molecule has 2 heterocycles. The number of nitrogens with zero attached hydrogens (tertiary/aromatic N) is 3. The summed E-state index contributed by atoms with van der Waals surface area (Å²) < 4.78 is 2.14. The molecule has 0 unspecified atom stereocenters. The smallest absolute Gasteiger partial charge is 0.254 e. The van der Waals surface area contributed by atoms with E-state index in [0.29, 0.717) is 6.67 Å². The molecule has 0 aliphatic carbocycles. The van der Waals surface area contributed by atoms with Gasteiger partial charge in [0.2, 0.25) is 0 Å². The molecule has 1 aromatic heterocycles. The number of amides is 1. The summed E-state index contributed by atoms with van der Waals surface area (Å²) in [4.78, 5) is 19.1. The number of nitrogens with one attached hydrogen (secondary N) is 1. The van der Waals surface area contributed by atoms with Crippen LogP contribution in [0.25, 0.3) is 11.0 Å². The Hall–Kier alpha value is -1.88. The van der Waals surface area contributed by atoms with E-state index in [1.807, 2.05) is 18.2 Å². The summed E-state index contributed by atoms with van der Waals surface area (Å²) in [6.45, 7) is 7.92. The Balaban J connectivity index is 1.99. The average Bonchev–Trinajstić information content (AvgIpc) is 2.82. The molecule has 0 fully saturated rings. The molecule has 0 saturated heterocycles. The van der Waals surface area contributed by atoms with Crippen molar-refractivity contribution in [3.8, 4) is 0 Å². The van der Waals surface area contributed by atoms with Gasteiger partial charge in [-0.2, -0.15) is 0 Å². The van der Waals surface area contributed by atoms with Crippen LogP contribution in [0.2, 0.25) is 0 Å². The van der Waals surface area contributed by atoms with Crippen molar-refractivity contribution in [2.45, 2.75) is 39.9 Å². The Morgan fingerprint density at radius 2 is 2.05 bits per heavy atom. The van der Waals surface area contributed by atoms with Crippen LogP contribution in [-0.4, -0.2) is 33.4 Å². The monoisotopic (exact) mass is 286 g/mol. The zero-order valence-electron chi connectivity index (χ0n) is 12.7. The van der Waals surface area contributed by atoms with Crippen molar-refractivity contribution in [1.82, 2.24) is 19.8 Å². The molecule has 3 rings (SSSR count). The zero-order chi connectivity index (χ0) is 14.8. The maximum atomic E-state index is 11.9. The number of rotatable bonds is 6. The minimum Gasteiger partial charge on any atom is -0.334 e. The second-order valence-electron chi connectivity index (χ2n) is 5.57. The van der Waals surface area contributed by atoms with E-state index < -0.39 is 0 Å². The van der Waals surface area contributed by atoms with Gasteiger partial charge in [0.15, 0.2) is 0 Å². The minimum atomic E-state index is -0.00137. The highest BCUT2D eigenvalue weighted by Gasteiger charge is 2.23. The molecular weight excluding hydrogens is 264 g/mol. The van der Waals surface area contributed by atoms with Crippen molar-refractivity contribution < 1.29 is 4.79 Å². The normalized spacial score (nSPS) is 14.0. The summed E-state index contributed by atoms with van der Waals surface area (Å²) in [6, 6.07) is 5.76. The Morgan fingerprint density at radius 1 is 1.29 bits per heavy atom. The number of imidazole rings is 1. The van der Waals surface area contributed by atoms with Gasteiger partial charge in [-0.05, 0) is 38.1 Å². The number of hydrogen-bond acceptors (Lipinski definition) is 3. The predicted molar refractivity (Wildman–Crippen MR) is 83.1 cm³/mol. The lowest BCUT2D eigenvalue weighted by molar-refractivity contribution is 0.0936. The van der Waals surface area contributed by atoms with E-state index in [1.165, 1.54) is 0 Å². The van der Waals surface area contributed by atoms with Gasteiger partial charge in [0.1, 0.15) is 5.82 Å². The molecule has 1 aromatic carbocycles. The largest absolute Gasteiger partial charge is 0.334 e. The Morgan fingerprint density at radius 3 is 2.76 bits per heavy atom. The van der Waals surface area contributed by atoms with Crippen LogP contribution < -0.4 is 5.32 Å². The Bertz CT molecular complexity index is 656. The molecule has 1 aliphatic heterocycles. The minimum absolute atomic E-state index is 0.00137. The summed E-state index contributed by atoms with van der Waals surface area (Å²) in [5, 5.41) is 2.93. The number of hydrogen-bond donors (Lipinski definition) is 1. The summed E-state index contributed by atoms with van der Waals surface area (Å²) in [5.74, 6) is 1.04. The van der Waals surface area contributed by atoms with E-state index >= 15 is 0 Å². The van der Waals surface area contributed by atoms with Gasteiger partial charge in [-0.25, -0.2) is 4.98 Å². The fourth-order valence-corrected chi connectivity index (χ4v) is 3.06. The van der Waals surface area contributed by atoms with Crippen LogP contribution in [0.3, 0.4) is 0 Å². The van der Waals surface area contributed by atoms with Gasteiger partial charge in [0, 0.05) is 0 Å². The van der Waals surface area contributed by atoms with Crippen molar-refractivity contribution in [1.29, 1.82) is 0 Å². The quantitative estimate of drug-likeness (QED) is 0.887. The number of aromatic nitrogens is 2. The maximum absolute atomic E-state index is 11.9. The molecule has 0 bridgehead atoms. The fraction of sp³-hybridized carbons (Fsp3) is 0.500. The second-order valence-corrected chi connectivity index (χ2v) is 5.57. The molecular formula is C16H22N4O. The Labute approximate surface area is 125 Å². The SMILES string of the molecule is CCCN(CCC)Cc1nc2cccc3c2n1CNC3=O. The summed E-state index contributed by atoms with van der Waals surface area (Å²) >= 11 is 0. The number of benzene rings is 1. The fourth-order valence-electron chi connectivity index (χ4n) is 3.06. The van der Waals surface area contributed by atoms with Crippen LogP contribution in [0.4, 0.5) is 0 Å². The lowest BCUT2D eigenvalue weighted by Crippen LogP contribution is -2.33. The summed E-state index contributed by atoms with van der Waals surface area (Å²) in [5.41, 5.74) is 2.63. The first-order valence-corrected chi connectivity index (χ1v) is 7.73. The van der Waals surface area contributed by atoms with Gasteiger partial charge >= 0.3 is 0 Å². The molecule has 21 heavy (non-hydrogen) atoms. The lowest BCUT2D eigenvalue weighted by atomic mass is 10.1. The third kappa shape index (κ3) is 2.53. The van der Waals surface area contributed by atoms with Gasteiger partial charge < -0.3 is 9.88 Å². The van der Waals surface area contributed by atoms with E-state index in [4.69, 9.17) is 4.98 Å². The molecule has 1 amide bonds. The van der Waals surface area contributed by atoms with Crippen molar-refractivity contribution >= 4 is 16.9 Å². The van der Waals surface area contributed by atoms with E-state index in [2.05, 4.69) is 28.6 Å². The van der Waals surface area contributed by atoms with Crippen molar-refractivity contribution in [3.05, 3.63) is 29.6 Å². The van der Waals surface area contributed by atoms with E-state index in [1.54, 1.807) is 0 Å². The first-order valence-electron chi connectivity index (χ1n) is 7.73. The first-order chi connectivity index (χ1) is 10.2. The standard InChI is InChI=1S/C16H22N4O/c1-3-8-19(9-4-2)10-14-18-13-7-5-6-12-15(13)20(14)11-17-16(12)21/h5-7H,3-4,8-11H2,1-2H3,(H,17,21). The van der Waals surface area contributed by atoms with Gasteiger partial charge in [-0.3, -0.25) is 9.69 Å². The van der Waals surface area contributed by atoms with Crippen LogP contribution >= 0.6 is 0 Å². The van der Waals surface area contributed by atoms with Crippen LogP contribution in [0.5, 0.6) is 0 Å². The van der Waals surface area contributed by atoms with Crippen LogP contribution in [0.1, 0.15) is 42.9 Å². The first kappa shape index (κ1) is 14.1. The number of carbonyl (C=O) groups is 1. The molecule has 0 atom stereocenters. The van der Waals surface area contributed by atoms with E-state index in [9.17, 15) is 4.79 Å². The van der Waals surface area contributed by atoms with Crippen molar-refractivity contribution in [2.24, 2.45) is 0 Å². The second kappa shape index (κ2) is 5.85. The van der Waals surface area contributed by atoms with Crippen molar-refractivity contribution in [2.75, 3.05) is 13.1 Å². The number of para-hydroxylation sites is 1. The van der Waals surface area contributed by atoms with Gasteiger partial charge in [0.25, 0.3) is 5.91 Å². The average molecular weight is 286 g/mol. The molecule has 2 aromatic rings. The molecule has 5 heteroatoms. The zero-order valence-corrected chi connectivity index (χ0v) is 12.7. The molecule has 0 saturated carbocycles. The highest BCUT2D eigenvalue weighted by atomic mass is 16.1. The molecule has 0 radical (unpaired) electrons. The predicted octanol–water partition coefficient (Wildman–Crippen LogP) is 2.36. The van der Waals surface area contributed by atoms with Gasteiger partial charge in [-0.15, -0.1) is 0 Å². The Kier molecular flexibility index (Phi) is 3.92. The highest BCUT2D eigenvalue weighted by Crippen LogP contribution is 2.24. The molecule has 5 nitrogen and oxygen atoms in total. The number of carbonyl (C=O) groups excluding carboxylic acids is 1. The van der Waals surface area contributed by atoms with Crippen molar-refractivity contribution in [3.63, 3.8) is 0 Å². The lowest BCUT2D eigenvalue weighted by Gasteiger charge is -2.22. The van der Waals surface area contributed by atoms with Gasteiger partial charge in [-0.1, -0.05) is 19.9 Å². The topological polar surface area (TPSA) is 50.2 Å². The molecule has 1 N–H and O–H groups in total. The van der Waals surface area contributed by atoms with Crippen LogP contribution in [-0.2, 0) is 13.2 Å². The van der Waals surface area contributed by atoms with E-state index in [0.717, 1.165) is 54.9 Å². The van der Waals surface area contributed by atoms with Crippen LogP contribution in [0.15, 0.2) is 18.2 Å². The maximum Gasteiger partial charge on any atom is 0.254 e. The highest BCUT2D eigenvalue weighted by molar-refractivity contribution is 6.06. The summed E-state index contributed by atoms with van der Waals surface area (Å²) in [7, 11) is 0. The molecule has 112 valence electrons.